The topological polar surface area (TPSA) is 83.8 Å². The molecule has 0 amide bonds. The number of carbonyl (C=O) groups excluding carboxylic acids is 2. The minimum Gasteiger partial charge on any atom is -0.455 e. The summed E-state index contributed by atoms with van der Waals surface area (Å²) in [6.07, 6.45) is 4.59. The maximum Gasteiger partial charge on any atom is 0.334 e. The lowest BCUT2D eigenvalue weighted by molar-refractivity contribution is -0.141. The number of esters is 1. The average Bonchev–Trinajstić information content (AvgIpc) is 2.92. The number of hydrogen-bond acceptors (Lipinski definition) is 5. The van der Waals surface area contributed by atoms with Crippen LogP contribution < -0.4 is 0 Å². The van der Waals surface area contributed by atoms with Crippen LogP contribution in [-0.2, 0) is 14.3 Å². The van der Waals surface area contributed by atoms with Crippen molar-refractivity contribution in [3.8, 4) is 0 Å². The van der Waals surface area contributed by atoms with E-state index in [0.29, 0.717) is 36.0 Å². The number of fused-ring (bicyclic) bond motifs is 2. The molecule has 2 N–H and O–H groups in total. The zero-order valence-electron chi connectivity index (χ0n) is 14.2. The molecule has 0 aromatic rings. The molecule has 1 fully saturated rings. The number of ketones is 1. The van der Waals surface area contributed by atoms with E-state index < -0.39 is 23.2 Å². The van der Waals surface area contributed by atoms with Gasteiger partial charge in [0.25, 0.3) is 0 Å². The van der Waals surface area contributed by atoms with Crippen molar-refractivity contribution in [2.24, 2.45) is 5.92 Å². The first-order valence-corrected chi connectivity index (χ1v) is 8.41. The molecule has 0 saturated heterocycles. The van der Waals surface area contributed by atoms with E-state index >= 15 is 0 Å². The molecule has 5 heteroatoms. The lowest BCUT2D eigenvalue weighted by Crippen LogP contribution is -2.45. The maximum atomic E-state index is 12.5. The zero-order valence-corrected chi connectivity index (χ0v) is 14.2. The van der Waals surface area contributed by atoms with Gasteiger partial charge in [0.05, 0.1) is 5.60 Å². The Morgan fingerprint density at radius 3 is 2.67 bits per heavy atom. The Balaban J connectivity index is 2.10. The third-order valence-corrected chi connectivity index (χ3v) is 5.34. The molecule has 24 heavy (non-hydrogen) atoms. The van der Waals surface area contributed by atoms with Crippen LogP contribution in [0, 0.1) is 5.92 Å². The van der Waals surface area contributed by atoms with Crippen LogP contribution in [0.25, 0.3) is 0 Å². The lowest BCUT2D eigenvalue weighted by Gasteiger charge is -2.35. The van der Waals surface area contributed by atoms with Gasteiger partial charge >= 0.3 is 5.97 Å². The third kappa shape index (κ3) is 2.76. The molecule has 130 valence electrons. The average molecular weight is 332 g/mol. The summed E-state index contributed by atoms with van der Waals surface area (Å²) < 4.78 is 5.31. The standard InChI is InChI=1S/C19H24O5/c1-11(2)15-6-4-12-8-14(24-17(12)21)10-18(3,22)9-13-5-7-16(20)19(13,15)23/h8-9,14-15,22-23H,1,4-7,10H2,2-3H3/b13-9-/t14-,15+,18-,19-/m1/s1. The second-order valence-electron chi connectivity index (χ2n) is 7.49. The highest BCUT2D eigenvalue weighted by molar-refractivity contribution is 5.95. The van der Waals surface area contributed by atoms with Crippen molar-refractivity contribution < 1.29 is 24.5 Å². The minimum atomic E-state index is -1.64. The Labute approximate surface area is 141 Å². The Kier molecular flexibility index (Phi) is 4.04. The highest BCUT2D eigenvalue weighted by Crippen LogP contribution is 2.45. The molecular weight excluding hydrogens is 308 g/mol. The van der Waals surface area contributed by atoms with Crippen LogP contribution in [0.3, 0.4) is 0 Å². The SMILES string of the molecule is C=C(C)[C@@H]1CCC2=C[C@H](C[C@](C)(O)/C=C3/CCC(=O)[C@@]31O)OC2=O. The van der Waals surface area contributed by atoms with Crippen molar-refractivity contribution in [2.75, 3.05) is 0 Å². The Morgan fingerprint density at radius 1 is 1.29 bits per heavy atom. The van der Waals surface area contributed by atoms with Gasteiger partial charge in [0.1, 0.15) is 6.10 Å². The van der Waals surface area contributed by atoms with Crippen molar-refractivity contribution in [3.63, 3.8) is 0 Å². The highest BCUT2D eigenvalue weighted by Gasteiger charge is 2.51. The van der Waals surface area contributed by atoms with Gasteiger partial charge in [-0.3, -0.25) is 4.79 Å². The second kappa shape index (κ2) is 5.67. The monoisotopic (exact) mass is 332 g/mol. The van der Waals surface area contributed by atoms with Gasteiger partial charge in [-0.1, -0.05) is 18.2 Å². The number of hydrogen-bond donors (Lipinski definition) is 2. The number of rotatable bonds is 1. The summed E-state index contributed by atoms with van der Waals surface area (Å²) in [5.41, 5.74) is -1.13. The van der Waals surface area contributed by atoms with E-state index in [1.54, 1.807) is 26.0 Å². The minimum absolute atomic E-state index is 0.202. The first-order chi connectivity index (χ1) is 11.1. The van der Waals surface area contributed by atoms with Crippen molar-refractivity contribution in [1.29, 1.82) is 0 Å². The Hall–Kier alpha value is -1.72. The zero-order chi connectivity index (χ0) is 17.7. The van der Waals surface area contributed by atoms with Crippen LogP contribution in [0.1, 0.15) is 46.0 Å². The summed E-state index contributed by atoms with van der Waals surface area (Å²) >= 11 is 0. The van der Waals surface area contributed by atoms with E-state index in [2.05, 4.69) is 6.58 Å². The first-order valence-electron chi connectivity index (χ1n) is 8.41. The summed E-state index contributed by atoms with van der Waals surface area (Å²) in [5.74, 6) is -1.11. The molecule has 0 aromatic heterocycles. The smallest absolute Gasteiger partial charge is 0.334 e. The maximum absolute atomic E-state index is 12.5. The molecule has 2 bridgehead atoms. The van der Waals surface area contributed by atoms with Gasteiger partial charge < -0.3 is 14.9 Å². The van der Waals surface area contributed by atoms with Gasteiger partial charge in [-0.2, -0.15) is 0 Å². The Bertz CT molecular complexity index is 669. The number of ether oxygens (including phenoxy) is 1. The molecule has 1 saturated carbocycles. The lowest BCUT2D eigenvalue weighted by atomic mass is 9.74. The van der Waals surface area contributed by atoms with Crippen molar-refractivity contribution >= 4 is 11.8 Å². The highest BCUT2D eigenvalue weighted by atomic mass is 16.5. The molecule has 3 aliphatic rings. The number of Topliss-reactive ketones (excluding diaryl/α,β-unsaturated/α-hetero) is 1. The molecular formula is C19H24O5. The third-order valence-electron chi connectivity index (χ3n) is 5.34. The van der Waals surface area contributed by atoms with Gasteiger partial charge in [0, 0.05) is 24.3 Å². The van der Waals surface area contributed by atoms with E-state index in [-0.39, 0.29) is 24.6 Å². The van der Waals surface area contributed by atoms with E-state index in [0.717, 1.165) is 0 Å². The predicted octanol–water partition coefficient (Wildman–Crippen LogP) is 1.99. The number of carbonyl (C=O) groups is 2. The van der Waals surface area contributed by atoms with Crippen LogP contribution in [0.4, 0.5) is 0 Å². The van der Waals surface area contributed by atoms with Gasteiger partial charge in [-0.05, 0) is 44.8 Å². The van der Waals surface area contributed by atoms with Gasteiger partial charge in [0.2, 0.25) is 0 Å². The fraction of sp³-hybridized carbons (Fsp3) is 0.579. The molecule has 0 aromatic carbocycles. The van der Waals surface area contributed by atoms with Gasteiger partial charge in [0.15, 0.2) is 11.4 Å². The largest absolute Gasteiger partial charge is 0.455 e. The molecule has 1 aliphatic heterocycles. The molecule has 4 atom stereocenters. The predicted molar refractivity (Wildman–Crippen MR) is 88.0 cm³/mol. The number of aliphatic hydroxyl groups is 2. The van der Waals surface area contributed by atoms with Crippen molar-refractivity contribution in [3.05, 3.63) is 35.5 Å². The van der Waals surface area contributed by atoms with E-state index in [9.17, 15) is 19.8 Å². The molecule has 3 rings (SSSR count). The van der Waals surface area contributed by atoms with Gasteiger partial charge in [-0.15, -0.1) is 0 Å². The fourth-order valence-corrected chi connectivity index (χ4v) is 4.19. The van der Waals surface area contributed by atoms with Crippen LogP contribution in [0.2, 0.25) is 0 Å². The van der Waals surface area contributed by atoms with Crippen molar-refractivity contribution in [2.45, 2.75) is 63.3 Å². The van der Waals surface area contributed by atoms with Crippen LogP contribution in [-0.4, -0.2) is 39.3 Å². The van der Waals surface area contributed by atoms with E-state index in [4.69, 9.17) is 4.74 Å². The molecule has 1 heterocycles. The summed E-state index contributed by atoms with van der Waals surface area (Å²) in [6, 6.07) is 0. The molecule has 2 aliphatic carbocycles. The van der Waals surface area contributed by atoms with Crippen molar-refractivity contribution in [1.82, 2.24) is 0 Å². The molecule has 0 unspecified atom stereocenters. The van der Waals surface area contributed by atoms with Crippen LogP contribution >= 0.6 is 0 Å². The normalized spacial score (nSPS) is 41.7. The van der Waals surface area contributed by atoms with Crippen LogP contribution in [0.5, 0.6) is 0 Å². The molecule has 0 spiro atoms. The summed E-state index contributed by atoms with van der Waals surface area (Å²) in [7, 11) is 0. The first kappa shape index (κ1) is 17.1. The van der Waals surface area contributed by atoms with Crippen LogP contribution in [0.15, 0.2) is 35.5 Å². The summed E-state index contributed by atoms with van der Waals surface area (Å²) in [5, 5.41) is 22.0. The Morgan fingerprint density at radius 2 is 2.00 bits per heavy atom. The summed E-state index contributed by atoms with van der Waals surface area (Å²) in [4.78, 5) is 24.5. The molecule has 0 radical (unpaired) electrons. The summed E-state index contributed by atoms with van der Waals surface area (Å²) in [6.45, 7) is 7.34. The van der Waals surface area contributed by atoms with E-state index in [1.165, 1.54) is 0 Å². The van der Waals surface area contributed by atoms with Gasteiger partial charge in [-0.25, -0.2) is 4.79 Å². The second-order valence-corrected chi connectivity index (χ2v) is 7.49. The van der Waals surface area contributed by atoms with E-state index in [1.807, 2.05) is 0 Å². The fourth-order valence-electron chi connectivity index (χ4n) is 4.19. The quantitative estimate of drug-likeness (QED) is 0.567. The molecule has 5 nitrogen and oxygen atoms in total.